The maximum atomic E-state index is 12.8. The van der Waals surface area contributed by atoms with Gasteiger partial charge in [0.15, 0.2) is 0 Å². The smallest absolute Gasteiger partial charge is 0.268 e. The maximum Gasteiger partial charge on any atom is 0.284 e. The molecule has 2 aliphatic rings. The van der Waals surface area contributed by atoms with Gasteiger partial charge in [0.25, 0.3) is 11.8 Å². The Bertz CT molecular complexity index is 1380. The summed E-state index contributed by atoms with van der Waals surface area (Å²) in [6, 6.07) is 31.3. The van der Waals surface area contributed by atoms with Gasteiger partial charge in [0, 0.05) is 12.6 Å². The third-order valence-electron chi connectivity index (χ3n) is 6.22. The lowest BCUT2D eigenvalue weighted by molar-refractivity contribution is 0.0924. The highest BCUT2D eigenvalue weighted by atomic mass is 16.2. The van der Waals surface area contributed by atoms with Crippen LogP contribution in [0, 0.1) is 0 Å². The lowest BCUT2D eigenvalue weighted by Crippen LogP contribution is -2.29. The van der Waals surface area contributed by atoms with Crippen molar-refractivity contribution in [1.82, 2.24) is 4.98 Å². The van der Waals surface area contributed by atoms with Crippen molar-refractivity contribution in [2.75, 3.05) is 9.91 Å². The first-order valence-electron chi connectivity index (χ1n) is 11.1. The molecule has 0 N–H and O–H groups in total. The number of amides is 2. The molecular weight excluding hydrogens is 424 g/mol. The number of hydrogen-bond acceptors (Lipinski definition) is 5. The number of aromatic nitrogens is 1. The normalized spacial score (nSPS) is 17.2. The Morgan fingerprint density at radius 3 is 2.12 bits per heavy atom. The number of fused-ring (bicyclic) bond motifs is 1. The molecule has 2 amide bonds. The first-order valence-corrected chi connectivity index (χ1v) is 11.1. The van der Waals surface area contributed by atoms with Gasteiger partial charge < -0.3 is 0 Å². The number of anilines is 2. The molecule has 34 heavy (non-hydrogen) atoms. The monoisotopic (exact) mass is 444 g/mol. The van der Waals surface area contributed by atoms with Gasteiger partial charge >= 0.3 is 0 Å². The summed E-state index contributed by atoms with van der Waals surface area (Å²) in [4.78, 5) is 30.8. The summed E-state index contributed by atoms with van der Waals surface area (Å²) in [5.41, 5.74) is 5.18. The summed E-state index contributed by atoms with van der Waals surface area (Å²) in [6.45, 7) is 0. The molecule has 0 spiro atoms. The van der Waals surface area contributed by atoms with E-state index < -0.39 is 5.91 Å². The fourth-order valence-corrected chi connectivity index (χ4v) is 4.54. The van der Waals surface area contributed by atoms with Gasteiger partial charge in [0.05, 0.1) is 28.7 Å². The molecule has 1 aromatic heterocycles. The zero-order chi connectivity index (χ0) is 23.1. The molecule has 1 atom stereocenters. The van der Waals surface area contributed by atoms with Crippen molar-refractivity contribution in [2.45, 2.75) is 12.5 Å². The number of para-hydroxylation sites is 1. The number of imide groups is 1. The van der Waals surface area contributed by atoms with Crippen LogP contribution in [0.3, 0.4) is 0 Å². The summed E-state index contributed by atoms with van der Waals surface area (Å²) in [6.07, 6.45) is 2.27. The molecule has 2 aliphatic heterocycles. The first-order chi connectivity index (χ1) is 16.7. The van der Waals surface area contributed by atoms with Crippen LogP contribution < -0.4 is 9.91 Å². The Kier molecular flexibility index (Phi) is 4.77. The maximum absolute atomic E-state index is 12.8. The van der Waals surface area contributed by atoms with Crippen molar-refractivity contribution >= 4 is 28.9 Å². The summed E-state index contributed by atoms with van der Waals surface area (Å²) in [5.74, 6) is -0.746. The molecule has 3 aromatic carbocycles. The van der Waals surface area contributed by atoms with Crippen LogP contribution >= 0.6 is 0 Å². The highest BCUT2D eigenvalue weighted by Crippen LogP contribution is 2.37. The van der Waals surface area contributed by atoms with Crippen molar-refractivity contribution in [1.29, 1.82) is 0 Å². The van der Waals surface area contributed by atoms with E-state index in [9.17, 15) is 9.59 Å². The number of rotatable bonds is 4. The van der Waals surface area contributed by atoms with Gasteiger partial charge in [-0.3, -0.25) is 19.6 Å². The van der Waals surface area contributed by atoms with E-state index in [1.165, 1.54) is 16.7 Å². The van der Waals surface area contributed by atoms with Gasteiger partial charge in [-0.2, -0.15) is 5.10 Å². The Morgan fingerprint density at radius 1 is 0.706 bits per heavy atom. The number of nitrogens with zero attached hydrogens (tertiary/aromatic N) is 4. The Labute approximate surface area is 196 Å². The second-order valence-corrected chi connectivity index (χ2v) is 8.25. The second kappa shape index (κ2) is 8.08. The molecule has 6 nitrogen and oxygen atoms in total. The van der Waals surface area contributed by atoms with Crippen LogP contribution in [0.25, 0.3) is 0 Å². The minimum Gasteiger partial charge on any atom is -0.268 e. The quantitative estimate of drug-likeness (QED) is 0.404. The fraction of sp³-hybridized carbons (Fsp3) is 0.0714. The average Bonchev–Trinajstić information content (AvgIpc) is 3.45. The van der Waals surface area contributed by atoms with Crippen molar-refractivity contribution in [3.63, 3.8) is 0 Å². The van der Waals surface area contributed by atoms with Crippen LogP contribution in [0.15, 0.2) is 108 Å². The van der Waals surface area contributed by atoms with Crippen molar-refractivity contribution in [2.24, 2.45) is 5.10 Å². The van der Waals surface area contributed by atoms with Crippen molar-refractivity contribution in [3.05, 3.63) is 126 Å². The minimum atomic E-state index is -0.397. The predicted molar refractivity (Wildman–Crippen MR) is 131 cm³/mol. The molecular formula is C28H20N4O2. The molecule has 164 valence electrons. The molecule has 0 aliphatic carbocycles. The zero-order valence-corrected chi connectivity index (χ0v) is 18.2. The number of hydrazone groups is 1. The van der Waals surface area contributed by atoms with Crippen LogP contribution in [0.4, 0.5) is 11.4 Å². The number of benzene rings is 3. The van der Waals surface area contributed by atoms with E-state index in [4.69, 9.17) is 5.10 Å². The van der Waals surface area contributed by atoms with Crippen molar-refractivity contribution < 1.29 is 9.59 Å². The summed E-state index contributed by atoms with van der Waals surface area (Å²) in [7, 11) is 0. The van der Waals surface area contributed by atoms with E-state index >= 15 is 0 Å². The standard InChI is InChI=1S/C28H20N4O2/c33-27-23-12-7-17-29-26(23)28(34)31(27)21-15-13-19(14-16-21)24-18-25(20-8-3-1-4-9-20)32(30-24)22-10-5-2-6-11-22/h1-17,25H,18H2. The molecule has 4 aromatic rings. The molecule has 6 rings (SSSR count). The molecule has 3 heterocycles. The topological polar surface area (TPSA) is 65.9 Å². The van der Waals surface area contributed by atoms with Crippen LogP contribution in [-0.2, 0) is 0 Å². The number of carbonyl (C=O) groups excluding carboxylic acids is 2. The summed E-state index contributed by atoms with van der Waals surface area (Å²) in [5, 5.41) is 7.03. The number of hydrogen-bond donors (Lipinski definition) is 0. The minimum absolute atomic E-state index is 0.0839. The van der Waals surface area contributed by atoms with Gasteiger partial charge in [0.2, 0.25) is 0 Å². The molecule has 6 heteroatoms. The third-order valence-corrected chi connectivity index (χ3v) is 6.22. The largest absolute Gasteiger partial charge is 0.284 e. The van der Waals surface area contributed by atoms with Crippen LogP contribution in [-0.4, -0.2) is 22.5 Å². The van der Waals surface area contributed by atoms with Crippen LogP contribution in [0.1, 0.15) is 44.4 Å². The van der Waals surface area contributed by atoms with E-state index in [-0.39, 0.29) is 17.6 Å². The number of pyridine rings is 1. The Balaban J connectivity index is 1.31. The third kappa shape index (κ3) is 3.28. The highest BCUT2D eigenvalue weighted by Gasteiger charge is 2.38. The van der Waals surface area contributed by atoms with E-state index in [0.29, 0.717) is 11.3 Å². The lowest BCUT2D eigenvalue weighted by atomic mass is 9.98. The van der Waals surface area contributed by atoms with Gasteiger partial charge in [-0.25, -0.2) is 4.90 Å². The lowest BCUT2D eigenvalue weighted by Gasteiger charge is -2.23. The highest BCUT2D eigenvalue weighted by molar-refractivity contribution is 6.33. The van der Waals surface area contributed by atoms with E-state index in [1.807, 2.05) is 48.5 Å². The molecule has 0 radical (unpaired) electrons. The second-order valence-electron chi connectivity index (χ2n) is 8.25. The molecule has 0 bridgehead atoms. The van der Waals surface area contributed by atoms with Gasteiger partial charge in [-0.05, 0) is 47.5 Å². The molecule has 1 unspecified atom stereocenters. The van der Waals surface area contributed by atoms with Gasteiger partial charge in [-0.15, -0.1) is 0 Å². The van der Waals surface area contributed by atoms with Gasteiger partial charge in [-0.1, -0.05) is 60.7 Å². The first kappa shape index (κ1) is 20.1. The zero-order valence-electron chi connectivity index (χ0n) is 18.2. The van der Waals surface area contributed by atoms with Crippen LogP contribution in [0.5, 0.6) is 0 Å². The van der Waals surface area contributed by atoms with Gasteiger partial charge in [0.1, 0.15) is 5.69 Å². The average molecular weight is 444 g/mol. The Hall–Kier alpha value is -4.58. The number of carbonyl (C=O) groups is 2. The summed E-state index contributed by atoms with van der Waals surface area (Å²) >= 11 is 0. The molecule has 0 fully saturated rings. The van der Waals surface area contributed by atoms with E-state index in [1.54, 1.807) is 24.3 Å². The SMILES string of the molecule is O=C1c2cccnc2C(=O)N1c1ccc(C2=NN(c3ccccc3)C(c3ccccc3)C2)cc1. The Morgan fingerprint density at radius 2 is 1.41 bits per heavy atom. The van der Waals surface area contributed by atoms with E-state index in [0.717, 1.165) is 23.4 Å². The molecule has 0 saturated heterocycles. The summed E-state index contributed by atoms with van der Waals surface area (Å²) < 4.78 is 0. The predicted octanol–water partition coefficient (Wildman–Crippen LogP) is 5.24. The van der Waals surface area contributed by atoms with E-state index in [2.05, 4.69) is 34.3 Å². The van der Waals surface area contributed by atoms with Crippen molar-refractivity contribution in [3.8, 4) is 0 Å². The van der Waals surface area contributed by atoms with Crippen LogP contribution in [0.2, 0.25) is 0 Å². The fourth-order valence-electron chi connectivity index (χ4n) is 4.54. The molecule has 0 saturated carbocycles.